The van der Waals surface area contributed by atoms with Crippen molar-refractivity contribution in [3.05, 3.63) is 0 Å². The Bertz CT molecular complexity index is 345. The highest BCUT2D eigenvalue weighted by Gasteiger charge is 2.15. The van der Waals surface area contributed by atoms with E-state index in [4.69, 9.17) is 24.4 Å². The van der Waals surface area contributed by atoms with Gasteiger partial charge in [-0.15, -0.1) is 3.63 Å². The average molecular weight is 298 g/mol. The molecule has 2 unspecified atom stereocenters. The third-order valence-corrected chi connectivity index (χ3v) is 2.68. The summed E-state index contributed by atoms with van der Waals surface area (Å²) in [5.74, 6) is -0.222. The van der Waals surface area contributed by atoms with Crippen molar-refractivity contribution in [3.8, 4) is 0 Å². The largest absolute Gasteiger partial charge is 0.413 e. The van der Waals surface area contributed by atoms with E-state index in [0.29, 0.717) is 0 Å². The highest BCUT2D eigenvalue weighted by molar-refractivity contribution is 7.94. The van der Waals surface area contributed by atoms with Crippen molar-refractivity contribution >= 4 is 20.8 Å². The molecule has 0 aromatic carbocycles. The fraction of sp³-hybridized carbons (Fsp3) is 1.00. The zero-order valence-electron chi connectivity index (χ0n) is 8.66. The molecule has 12 heteroatoms. The quantitative estimate of drug-likeness (QED) is 0.343. The molecule has 0 spiro atoms. The second-order valence-electron chi connectivity index (χ2n) is 2.83. The lowest BCUT2D eigenvalue weighted by Crippen LogP contribution is -2.24. The summed E-state index contributed by atoms with van der Waals surface area (Å²) in [5, 5.41) is 25.4. The molecule has 0 rings (SSSR count). The van der Waals surface area contributed by atoms with E-state index < -0.39 is 26.9 Å². The highest BCUT2D eigenvalue weighted by Crippen LogP contribution is 1.98. The van der Waals surface area contributed by atoms with Crippen LogP contribution in [0.25, 0.3) is 0 Å². The van der Waals surface area contributed by atoms with Crippen molar-refractivity contribution in [3.63, 3.8) is 0 Å². The zero-order valence-corrected chi connectivity index (χ0v) is 10.3. The molecule has 0 aliphatic heterocycles. The lowest BCUT2D eigenvalue weighted by Gasteiger charge is -2.11. The maximum Gasteiger partial charge on any atom is 0.413 e. The first kappa shape index (κ1) is 19.0. The molecule has 0 aliphatic carbocycles. The van der Waals surface area contributed by atoms with E-state index in [1.54, 1.807) is 6.92 Å². The predicted molar refractivity (Wildman–Crippen MR) is 53.5 cm³/mol. The van der Waals surface area contributed by atoms with Gasteiger partial charge in [0.15, 0.2) is 0 Å². The van der Waals surface area contributed by atoms with Gasteiger partial charge in [0.2, 0.25) is 0 Å². The van der Waals surface area contributed by atoms with Crippen molar-refractivity contribution in [1.29, 1.82) is 0 Å². The Morgan fingerprint density at radius 2 is 1.35 bits per heavy atom. The van der Waals surface area contributed by atoms with Gasteiger partial charge in [-0.1, -0.05) is 6.92 Å². The van der Waals surface area contributed by atoms with Crippen LogP contribution in [-0.2, 0) is 24.4 Å². The van der Waals surface area contributed by atoms with Gasteiger partial charge in [0.25, 0.3) is 0 Å². The SMILES string of the molecule is CC(CO)C(O)CO.O=S(=O)(O)OS(=O)(=O)O. The zero-order chi connectivity index (χ0) is 14.3. The summed E-state index contributed by atoms with van der Waals surface area (Å²) in [5.41, 5.74) is 0. The van der Waals surface area contributed by atoms with Crippen molar-refractivity contribution < 1.29 is 44.9 Å². The molecule has 0 saturated carbocycles. The molecule has 106 valence electrons. The summed E-state index contributed by atoms with van der Waals surface area (Å²) >= 11 is 0. The highest BCUT2D eigenvalue weighted by atomic mass is 32.3. The molecule has 0 aliphatic rings. The monoisotopic (exact) mass is 298 g/mol. The lowest BCUT2D eigenvalue weighted by atomic mass is 10.1. The first-order chi connectivity index (χ1) is 7.43. The van der Waals surface area contributed by atoms with Crippen molar-refractivity contribution in [1.82, 2.24) is 0 Å². The van der Waals surface area contributed by atoms with Crippen molar-refractivity contribution in [2.75, 3.05) is 13.2 Å². The van der Waals surface area contributed by atoms with Crippen LogP contribution in [0.1, 0.15) is 6.92 Å². The lowest BCUT2D eigenvalue weighted by molar-refractivity contribution is 0.0302. The molecular weight excluding hydrogens is 284 g/mol. The van der Waals surface area contributed by atoms with E-state index in [1.807, 2.05) is 0 Å². The molecule has 17 heavy (non-hydrogen) atoms. The topological polar surface area (TPSA) is 179 Å². The summed E-state index contributed by atoms with van der Waals surface area (Å²) < 4.78 is 55.6. The number of aliphatic hydroxyl groups excluding tert-OH is 3. The van der Waals surface area contributed by atoms with E-state index >= 15 is 0 Å². The van der Waals surface area contributed by atoms with E-state index in [2.05, 4.69) is 3.63 Å². The number of hydrogen-bond acceptors (Lipinski definition) is 8. The Morgan fingerprint density at radius 3 is 1.41 bits per heavy atom. The molecule has 0 heterocycles. The minimum Gasteiger partial charge on any atom is -0.396 e. The third kappa shape index (κ3) is 15.7. The molecule has 0 bridgehead atoms. The third-order valence-electron chi connectivity index (χ3n) is 1.30. The average Bonchev–Trinajstić information content (AvgIpc) is 2.10. The van der Waals surface area contributed by atoms with Gasteiger partial charge >= 0.3 is 20.8 Å². The molecule has 0 aromatic heterocycles. The van der Waals surface area contributed by atoms with Crippen molar-refractivity contribution in [2.45, 2.75) is 13.0 Å². The second kappa shape index (κ2) is 7.88. The van der Waals surface area contributed by atoms with E-state index in [-0.39, 0.29) is 19.1 Å². The Kier molecular flexibility index (Phi) is 8.82. The fourth-order valence-electron chi connectivity index (χ4n) is 0.410. The van der Waals surface area contributed by atoms with Crippen molar-refractivity contribution in [2.24, 2.45) is 5.92 Å². The number of hydrogen-bond donors (Lipinski definition) is 5. The molecule has 0 amide bonds. The first-order valence-electron chi connectivity index (χ1n) is 3.98. The van der Waals surface area contributed by atoms with E-state index in [1.165, 1.54) is 0 Å². The van der Waals surface area contributed by atoms with E-state index in [0.717, 1.165) is 0 Å². The van der Waals surface area contributed by atoms with Crippen LogP contribution in [0.5, 0.6) is 0 Å². The predicted octanol–water partition coefficient (Wildman–Crippen LogP) is -2.42. The van der Waals surface area contributed by atoms with Crippen LogP contribution in [0, 0.1) is 5.92 Å². The van der Waals surface area contributed by atoms with Gasteiger partial charge in [-0.05, 0) is 0 Å². The minimum absolute atomic E-state index is 0.0816. The van der Waals surface area contributed by atoms with Gasteiger partial charge in [0.05, 0.1) is 12.7 Å². The van der Waals surface area contributed by atoms with Gasteiger partial charge < -0.3 is 15.3 Å². The molecule has 0 radical (unpaired) electrons. The maximum absolute atomic E-state index is 9.44. The first-order valence-corrected chi connectivity index (χ1v) is 6.71. The second-order valence-corrected chi connectivity index (χ2v) is 5.09. The molecular formula is C5H14O10S2. The summed E-state index contributed by atoms with van der Waals surface area (Å²) in [6.07, 6.45) is -0.778. The molecule has 0 aromatic rings. The minimum atomic E-state index is -5.12. The molecule has 10 nitrogen and oxygen atoms in total. The van der Waals surface area contributed by atoms with Gasteiger partial charge in [0.1, 0.15) is 0 Å². The molecule has 0 fully saturated rings. The molecule has 5 N–H and O–H groups in total. The van der Waals surface area contributed by atoms with Crippen LogP contribution < -0.4 is 0 Å². The summed E-state index contributed by atoms with van der Waals surface area (Å²) in [6, 6.07) is 0. The van der Waals surface area contributed by atoms with Gasteiger partial charge in [-0.2, -0.15) is 16.8 Å². The van der Waals surface area contributed by atoms with Gasteiger partial charge in [0, 0.05) is 12.5 Å². The fourth-order valence-corrected chi connectivity index (χ4v) is 1.28. The number of aliphatic hydroxyl groups is 3. The molecule has 0 saturated heterocycles. The van der Waals surface area contributed by atoms with Crippen LogP contribution in [-0.4, -0.2) is 60.6 Å². The van der Waals surface area contributed by atoms with Crippen LogP contribution in [0.15, 0.2) is 0 Å². The van der Waals surface area contributed by atoms with Gasteiger partial charge in [-0.25, -0.2) is 0 Å². The Morgan fingerprint density at radius 1 is 1.00 bits per heavy atom. The van der Waals surface area contributed by atoms with Crippen LogP contribution in [0.4, 0.5) is 0 Å². The summed E-state index contributed by atoms with van der Waals surface area (Å²) in [6.45, 7) is 1.31. The summed E-state index contributed by atoms with van der Waals surface area (Å²) in [7, 11) is -10.2. The van der Waals surface area contributed by atoms with Crippen LogP contribution >= 0.6 is 0 Å². The van der Waals surface area contributed by atoms with Crippen LogP contribution in [0.2, 0.25) is 0 Å². The van der Waals surface area contributed by atoms with Gasteiger partial charge in [-0.3, -0.25) is 9.11 Å². The Hall–Kier alpha value is -0.340. The smallest absolute Gasteiger partial charge is 0.396 e. The standard InChI is InChI=1S/C5H12O3.H2O7S2/c1-4(2-6)5(8)3-7;1-8(2,3)7-9(4,5)6/h4-8H,2-3H2,1H3;(H,1,2,3)(H,4,5,6). The van der Waals surface area contributed by atoms with E-state index in [9.17, 15) is 16.8 Å². The normalized spacial score (nSPS) is 15.6. The Labute approximate surface area is 98.4 Å². The van der Waals surface area contributed by atoms with Crippen LogP contribution in [0.3, 0.4) is 0 Å². The summed E-state index contributed by atoms with van der Waals surface area (Å²) in [4.78, 5) is 0. The number of rotatable bonds is 5. The maximum atomic E-state index is 9.44. The molecule has 2 atom stereocenters. The Balaban J connectivity index is 0.